The highest BCUT2D eigenvalue weighted by Gasteiger charge is 2.30. The van der Waals surface area contributed by atoms with Crippen LogP contribution < -0.4 is 10.6 Å². The highest BCUT2D eigenvalue weighted by Crippen LogP contribution is 2.08. The zero-order valence-electron chi connectivity index (χ0n) is 10.1. The largest absolute Gasteiger partial charge is 0.479 e. The van der Waals surface area contributed by atoms with Crippen molar-refractivity contribution in [3.63, 3.8) is 0 Å². The molecule has 0 aromatic rings. The fraction of sp³-hybridized carbons (Fsp3) is 0.800. The van der Waals surface area contributed by atoms with Crippen LogP contribution in [0.2, 0.25) is 0 Å². The normalized spacial score (nSPS) is 27.0. The lowest BCUT2D eigenvalue weighted by Crippen LogP contribution is -2.51. The van der Waals surface area contributed by atoms with E-state index >= 15 is 0 Å². The third-order valence-corrected chi connectivity index (χ3v) is 4.16. The molecule has 8 heteroatoms. The molecule has 104 valence electrons. The Balaban J connectivity index is 2.30. The summed E-state index contributed by atoms with van der Waals surface area (Å²) < 4.78 is 11.1. The molecule has 1 aliphatic rings. The number of carboxylic acid groups (broad SMARTS) is 1. The molecule has 4 N–H and O–H groups in total. The molecule has 1 fully saturated rings. The van der Waals surface area contributed by atoms with Gasteiger partial charge < -0.3 is 20.8 Å². The zero-order chi connectivity index (χ0) is 13.8. The second-order valence-electron chi connectivity index (χ2n) is 4.53. The fourth-order valence-electron chi connectivity index (χ4n) is 1.50. The SMILES string of the molecule is CC(O)(CNC(=O)NC1CCS(=O)CC1)C(=O)O. The van der Waals surface area contributed by atoms with Gasteiger partial charge in [-0.1, -0.05) is 0 Å². The van der Waals surface area contributed by atoms with Crippen LogP contribution in [0, 0.1) is 0 Å². The Hall–Kier alpha value is -1.15. The summed E-state index contributed by atoms with van der Waals surface area (Å²) in [6.45, 7) is 0.742. The van der Waals surface area contributed by atoms with E-state index < -0.39 is 28.4 Å². The van der Waals surface area contributed by atoms with Gasteiger partial charge in [-0.15, -0.1) is 0 Å². The molecular weight excluding hydrogens is 260 g/mol. The number of hydrogen-bond acceptors (Lipinski definition) is 4. The Bertz CT molecular complexity index is 348. The molecule has 0 saturated carbocycles. The van der Waals surface area contributed by atoms with Gasteiger partial charge in [0.25, 0.3) is 0 Å². The van der Waals surface area contributed by atoms with Gasteiger partial charge in [0.1, 0.15) is 0 Å². The van der Waals surface area contributed by atoms with Gasteiger partial charge in [0, 0.05) is 28.3 Å². The van der Waals surface area contributed by atoms with E-state index in [0.717, 1.165) is 6.92 Å². The van der Waals surface area contributed by atoms with Gasteiger partial charge in [0.2, 0.25) is 0 Å². The van der Waals surface area contributed by atoms with Crippen LogP contribution in [0.15, 0.2) is 0 Å². The van der Waals surface area contributed by atoms with E-state index in [1.54, 1.807) is 0 Å². The van der Waals surface area contributed by atoms with Gasteiger partial charge in [-0.2, -0.15) is 0 Å². The van der Waals surface area contributed by atoms with Crippen LogP contribution in [0.1, 0.15) is 19.8 Å². The van der Waals surface area contributed by atoms with Crippen molar-refractivity contribution in [1.29, 1.82) is 0 Å². The summed E-state index contributed by atoms with van der Waals surface area (Å²) in [7, 11) is -0.789. The molecule has 1 atom stereocenters. The van der Waals surface area contributed by atoms with E-state index in [1.165, 1.54) is 0 Å². The topological polar surface area (TPSA) is 116 Å². The molecule has 0 bridgehead atoms. The molecule has 18 heavy (non-hydrogen) atoms. The zero-order valence-corrected chi connectivity index (χ0v) is 11.0. The number of carbonyl (C=O) groups is 2. The van der Waals surface area contributed by atoms with E-state index in [-0.39, 0.29) is 12.6 Å². The van der Waals surface area contributed by atoms with Gasteiger partial charge in [0.05, 0.1) is 6.54 Å². The molecule has 1 aliphatic heterocycles. The van der Waals surface area contributed by atoms with Gasteiger partial charge in [-0.25, -0.2) is 9.59 Å². The van der Waals surface area contributed by atoms with Crippen LogP contribution in [-0.4, -0.2) is 56.1 Å². The van der Waals surface area contributed by atoms with Gasteiger partial charge in [-0.3, -0.25) is 4.21 Å². The number of rotatable bonds is 4. The average Bonchev–Trinajstić information content (AvgIpc) is 2.29. The standard InChI is InChI=1S/C10H18N2O5S/c1-10(16,8(13)14)6-11-9(15)12-7-2-4-18(17)5-3-7/h7,16H,2-6H2,1H3,(H,13,14)(H2,11,12,15). The first kappa shape index (κ1) is 14.9. The summed E-state index contributed by atoms with van der Waals surface area (Å²) >= 11 is 0. The Labute approximate surface area is 107 Å². The lowest BCUT2D eigenvalue weighted by atomic mass is 10.1. The molecule has 1 saturated heterocycles. The van der Waals surface area contributed by atoms with Crippen LogP contribution in [0.4, 0.5) is 4.79 Å². The lowest BCUT2D eigenvalue weighted by molar-refractivity contribution is -0.155. The second-order valence-corrected chi connectivity index (χ2v) is 6.22. The summed E-state index contributed by atoms with van der Waals surface area (Å²) in [5.74, 6) is -0.258. The lowest BCUT2D eigenvalue weighted by Gasteiger charge is -2.24. The maximum atomic E-state index is 11.5. The minimum Gasteiger partial charge on any atom is -0.479 e. The third-order valence-electron chi connectivity index (χ3n) is 2.78. The number of aliphatic carboxylic acids is 1. The van der Waals surface area contributed by atoms with E-state index in [0.29, 0.717) is 24.3 Å². The number of urea groups is 1. The molecule has 0 aliphatic carbocycles. The Morgan fingerprint density at radius 1 is 1.39 bits per heavy atom. The Morgan fingerprint density at radius 3 is 2.44 bits per heavy atom. The molecule has 1 rings (SSSR count). The first-order valence-corrected chi connectivity index (χ1v) is 7.15. The number of amides is 2. The summed E-state index contributed by atoms with van der Waals surface area (Å²) in [6.07, 6.45) is 1.30. The van der Waals surface area contributed by atoms with Crippen molar-refractivity contribution in [2.75, 3.05) is 18.1 Å². The van der Waals surface area contributed by atoms with Crippen LogP contribution >= 0.6 is 0 Å². The molecule has 0 aromatic carbocycles. The van der Waals surface area contributed by atoms with E-state index in [4.69, 9.17) is 5.11 Å². The second kappa shape index (κ2) is 6.14. The van der Waals surface area contributed by atoms with Crippen molar-refractivity contribution >= 4 is 22.8 Å². The first-order chi connectivity index (χ1) is 8.31. The maximum Gasteiger partial charge on any atom is 0.337 e. The van der Waals surface area contributed by atoms with Crippen molar-refractivity contribution < 1.29 is 24.0 Å². The summed E-state index contributed by atoms with van der Waals surface area (Å²) in [5.41, 5.74) is -1.98. The highest BCUT2D eigenvalue weighted by molar-refractivity contribution is 7.85. The Morgan fingerprint density at radius 2 is 1.94 bits per heavy atom. The Kier molecular flexibility index (Phi) is 5.09. The molecule has 7 nitrogen and oxygen atoms in total. The van der Waals surface area contributed by atoms with Gasteiger partial charge in [0.15, 0.2) is 5.60 Å². The van der Waals surface area contributed by atoms with Crippen molar-refractivity contribution in [3.05, 3.63) is 0 Å². The predicted molar refractivity (Wildman–Crippen MR) is 65.7 cm³/mol. The summed E-state index contributed by atoms with van der Waals surface area (Å²) in [4.78, 5) is 22.1. The predicted octanol–water partition coefficient (Wildman–Crippen LogP) is -0.968. The molecule has 1 heterocycles. The number of hydrogen-bond donors (Lipinski definition) is 4. The molecule has 2 amide bonds. The number of carbonyl (C=O) groups excluding carboxylic acids is 1. The molecule has 1 unspecified atom stereocenters. The summed E-state index contributed by atoms with van der Waals surface area (Å²) in [5, 5.41) is 23.0. The summed E-state index contributed by atoms with van der Waals surface area (Å²) in [6, 6.07) is -0.563. The molecule has 0 radical (unpaired) electrons. The highest BCUT2D eigenvalue weighted by atomic mass is 32.2. The minimum absolute atomic E-state index is 0.0440. The average molecular weight is 278 g/mol. The van der Waals surface area contributed by atoms with E-state index in [2.05, 4.69) is 10.6 Å². The monoisotopic (exact) mass is 278 g/mol. The van der Waals surface area contributed by atoms with Crippen LogP contribution in [0.25, 0.3) is 0 Å². The molecular formula is C10H18N2O5S. The van der Waals surface area contributed by atoms with E-state index in [9.17, 15) is 18.9 Å². The fourth-order valence-corrected chi connectivity index (χ4v) is 2.80. The number of aliphatic hydroxyl groups is 1. The van der Waals surface area contributed by atoms with Crippen LogP contribution in [0.5, 0.6) is 0 Å². The smallest absolute Gasteiger partial charge is 0.337 e. The third kappa shape index (κ3) is 4.61. The minimum atomic E-state index is -1.98. The van der Waals surface area contributed by atoms with Crippen molar-refractivity contribution in [1.82, 2.24) is 10.6 Å². The van der Waals surface area contributed by atoms with Crippen molar-refractivity contribution in [2.45, 2.75) is 31.4 Å². The molecule has 0 aromatic heterocycles. The van der Waals surface area contributed by atoms with E-state index in [1.807, 2.05) is 0 Å². The van der Waals surface area contributed by atoms with Crippen molar-refractivity contribution in [3.8, 4) is 0 Å². The van der Waals surface area contributed by atoms with Gasteiger partial charge in [-0.05, 0) is 19.8 Å². The van der Waals surface area contributed by atoms with Gasteiger partial charge >= 0.3 is 12.0 Å². The first-order valence-electron chi connectivity index (χ1n) is 5.66. The van der Waals surface area contributed by atoms with Crippen molar-refractivity contribution in [2.24, 2.45) is 0 Å². The molecule has 0 spiro atoms. The van der Waals surface area contributed by atoms with Crippen LogP contribution in [0.3, 0.4) is 0 Å². The number of nitrogens with one attached hydrogen (secondary N) is 2. The maximum absolute atomic E-state index is 11.5. The number of carboxylic acids is 1. The quantitative estimate of drug-likeness (QED) is 0.528. The van der Waals surface area contributed by atoms with Crippen LogP contribution in [-0.2, 0) is 15.6 Å².